The summed E-state index contributed by atoms with van der Waals surface area (Å²) >= 11 is 6.04. The molecular formula is C12H14ClN3. The van der Waals surface area contributed by atoms with E-state index in [-0.39, 0.29) is 0 Å². The fourth-order valence-electron chi connectivity index (χ4n) is 1.54. The third-order valence-corrected chi connectivity index (χ3v) is 3.04. The normalized spacial score (nSPS) is 10.4. The molecule has 0 unspecified atom stereocenters. The predicted molar refractivity (Wildman–Crippen MR) is 66.7 cm³/mol. The molecule has 0 bridgehead atoms. The summed E-state index contributed by atoms with van der Waals surface area (Å²) in [4.78, 5) is 4.25. The van der Waals surface area contributed by atoms with Crippen LogP contribution in [0.1, 0.15) is 11.4 Å². The quantitative estimate of drug-likeness (QED) is 0.887. The number of anilines is 1. The molecule has 2 rings (SSSR count). The van der Waals surface area contributed by atoms with Gasteiger partial charge in [0.1, 0.15) is 5.82 Å². The van der Waals surface area contributed by atoms with Crippen molar-refractivity contribution < 1.29 is 0 Å². The molecule has 16 heavy (non-hydrogen) atoms. The van der Waals surface area contributed by atoms with E-state index in [4.69, 9.17) is 11.6 Å². The van der Waals surface area contributed by atoms with Crippen LogP contribution in [0.15, 0.2) is 30.6 Å². The Morgan fingerprint density at radius 1 is 1.44 bits per heavy atom. The molecule has 0 aliphatic heterocycles. The number of rotatable bonds is 3. The highest BCUT2D eigenvalue weighted by molar-refractivity contribution is 6.31. The number of hydrogen-bond donors (Lipinski definition) is 1. The van der Waals surface area contributed by atoms with Crippen LogP contribution < -0.4 is 5.32 Å². The lowest BCUT2D eigenvalue weighted by Crippen LogP contribution is -2.06. The van der Waals surface area contributed by atoms with Gasteiger partial charge in [-0.2, -0.15) is 0 Å². The molecule has 2 aromatic rings. The van der Waals surface area contributed by atoms with Crippen LogP contribution in [0.3, 0.4) is 0 Å². The maximum atomic E-state index is 6.04. The zero-order chi connectivity index (χ0) is 11.5. The van der Waals surface area contributed by atoms with Crippen molar-refractivity contribution in [1.29, 1.82) is 0 Å². The molecule has 0 fully saturated rings. The molecule has 4 heteroatoms. The number of nitrogens with one attached hydrogen (secondary N) is 1. The Balaban J connectivity index is 2.11. The molecule has 1 aromatic carbocycles. The van der Waals surface area contributed by atoms with E-state index >= 15 is 0 Å². The maximum absolute atomic E-state index is 6.04. The van der Waals surface area contributed by atoms with E-state index in [1.165, 1.54) is 0 Å². The van der Waals surface area contributed by atoms with Gasteiger partial charge in [0.25, 0.3) is 0 Å². The molecular weight excluding hydrogens is 222 g/mol. The van der Waals surface area contributed by atoms with Gasteiger partial charge in [-0.25, -0.2) is 4.98 Å². The Morgan fingerprint density at radius 3 is 2.94 bits per heavy atom. The van der Waals surface area contributed by atoms with Crippen molar-refractivity contribution in [2.45, 2.75) is 13.5 Å². The monoisotopic (exact) mass is 235 g/mol. The smallest absolute Gasteiger partial charge is 0.127 e. The summed E-state index contributed by atoms with van der Waals surface area (Å²) in [7, 11) is 1.98. The van der Waals surface area contributed by atoms with Crippen molar-refractivity contribution in [2.75, 3.05) is 5.32 Å². The van der Waals surface area contributed by atoms with Crippen molar-refractivity contribution in [3.8, 4) is 0 Å². The summed E-state index contributed by atoms with van der Waals surface area (Å²) < 4.78 is 1.99. The molecule has 0 aliphatic rings. The van der Waals surface area contributed by atoms with Crippen LogP contribution in [0, 0.1) is 6.92 Å². The molecule has 0 amide bonds. The molecule has 0 saturated carbocycles. The van der Waals surface area contributed by atoms with Crippen LogP contribution in [0.4, 0.5) is 5.69 Å². The van der Waals surface area contributed by atoms with E-state index in [9.17, 15) is 0 Å². The largest absolute Gasteiger partial charge is 0.378 e. The summed E-state index contributed by atoms with van der Waals surface area (Å²) in [5.41, 5.74) is 2.12. The van der Waals surface area contributed by atoms with E-state index in [1.54, 1.807) is 6.20 Å². The molecule has 1 heterocycles. The van der Waals surface area contributed by atoms with Gasteiger partial charge in [-0.15, -0.1) is 0 Å². The molecule has 0 aliphatic carbocycles. The van der Waals surface area contributed by atoms with Gasteiger partial charge in [-0.1, -0.05) is 17.7 Å². The zero-order valence-electron chi connectivity index (χ0n) is 9.37. The average Bonchev–Trinajstić information content (AvgIpc) is 2.67. The van der Waals surface area contributed by atoms with Crippen LogP contribution in [0.2, 0.25) is 5.02 Å². The van der Waals surface area contributed by atoms with Crippen LogP contribution in [-0.4, -0.2) is 9.55 Å². The summed E-state index contributed by atoms with van der Waals surface area (Å²) in [6, 6.07) is 5.85. The highest BCUT2D eigenvalue weighted by atomic mass is 35.5. The summed E-state index contributed by atoms with van der Waals surface area (Å²) in [5, 5.41) is 4.11. The molecule has 0 atom stereocenters. The Hall–Kier alpha value is -1.48. The lowest BCUT2D eigenvalue weighted by molar-refractivity contribution is 0.812. The molecule has 0 saturated heterocycles. The summed E-state index contributed by atoms with van der Waals surface area (Å²) in [5.74, 6) is 0.999. The number of halogens is 1. The van der Waals surface area contributed by atoms with Crippen LogP contribution in [-0.2, 0) is 13.6 Å². The number of aromatic nitrogens is 2. The van der Waals surface area contributed by atoms with Gasteiger partial charge in [0.2, 0.25) is 0 Å². The molecule has 3 nitrogen and oxygen atoms in total. The Bertz CT molecular complexity index is 491. The third kappa shape index (κ3) is 2.19. The fourth-order valence-corrected chi connectivity index (χ4v) is 1.71. The van der Waals surface area contributed by atoms with E-state index in [1.807, 2.05) is 42.9 Å². The van der Waals surface area contributed by atoms with Crippen molar-refractivity contribution in [1.82, 2.24) is 9.55 Å². The van der Waals surface area contributed by atoms with Gasteiger partial charge < -0.3 is 9.88 Å². The standard InChI is InChI=1S/C12H14ClN3/c1-9-10(13)4-3-5-11(9)15-8-12-14-6-7-16(12)2/h3-7,15H,8H2,1-2H3. The van der Waals surface area contributed by atoms with E-state index in [0.29, 0.717) is 6.54 Å². The van der Waals surface area contributed by atoms with Gasteiger partial charge in [0.05, 0.1) is 6.54 Å². The zero-order valence-corrected chi connectivity index (χ0v) is 10.1. The van der Waals surface area contributed by atoms with Crippen LogP contribution in [0.5, 0.6) is 0 Å². The second kappa shape index (κ2) is 4.58. The minimum Gasteiger partial charge on any atom is -0.378 e. The van der Waals surface area contributed by atoms with E-state index < -0.39 is 0 Å². The first-order chi connectivity index (χ1) is 7.68. The number of nitrogens with zero attached hydrogens (tertiary/aromatic N) is 2. The van der Waals surface area contributed by atoms with E-state index in [0.717, 1.165) is 22.1 Å². The predicted octanol–water partition coefficient (Wildman–Crippen LogP) is 2.99. The van der Waals surface area contributed by atoms with Gasteiger partial charge in [-0.3, -0.25) is 0 Å². The first-order valence-corrected chi connectivity index (χ1v) is 5.51. The third-order valence-electron chi connectivity index (χ3n) is 2.63. The Labute approximate surface area is 100 Å². The molecule has 1 N–H and O–H groups in total. The second-order valence-corrected chi connectivity index (χ2v) is 4.13. The van der Waals surface area contributed by atoms with Gasteiger partial charge in [0.15, 0.2) is 0 Å². The topological polar surface area (TPSA) is 29.9 Å². The minimum absolute atomic E-state index is 0.699. The number of imidazole rings is 1. The van der Waals surface area contributed by atoms with Crippen LogP contribution >= 0.6 is 11.6 Å². The average molecular weight is 236 g/mol. The fraction of sp³-hybridized carbons (Fsp3) is 0.250. The van der Waals surface area contributed by atoms with Crippen molar-refractivity contribution >= 4 is 17.3 Å². The van der Waals surface area contributed by atoms with Crippen molar-refractivity contribution in [3.63, 3.8) is 0 Å². The highest BCUT2D eigenvalue weighted by Gasteiger charge is 2.03. The lowest BCUT2D eigenvalue weighted by atomic mass is 10.2. The first-order valence-electron chi connectivity index (χ1n) is 5.13. The second-order valence-electron chi connectivity index (χ2n) is 3.72. The number of aryl methyl sites for hydroxylation is 1. The summed E-state index contributed by atoms with van der Waals surface area (Å²) in [6.07, 6.45) is 3.73. The Morgan fingerprint density at radius 2 is 2.25 bits per heavy atom. The Kier molecular flexibility index (Phi) is 3.15. The van der Waals surface area contributed by atoms with Gasteiger partial charge >= 0.3 is 0 Å². The molecule has 1 aromatic heterocycles. The molecule has 0 radical (unpaired) electrons. The number of hydrogen-bond acceptors (Lipinski definition) is 2. The molecule has 84 valence electrons. The minimum atomic E-state index is 0.699. The van der Waals surface area contributed by atoms with Gasteiger partial charge in [0, 0.05) is 30.2 Å². The number of benzene rings is 1. The van der Waals surface area contributed by atoms with Crippen molar-refractivity contribution in [3.05, 3.63) is 47.0 Å². The summed E-state index contributed by atoms with van der Waals surface area (Å²) in [6.45, 7) is 2.70. The van der Waals surface area contributed by atoms with E-state index in [2.05, 4.69) is 10.3 Å². The lowest BCUT2D eigenvalue weighted by Gasteiger charge is -2.10. The first kappa shape index (κ1) is 11.0. The SMILES string of the molecule is Cc1c(Cl)cccc1NCc1nccn1C. The van der Waals surface area contributed by atoms with Crippen LogP contribution in [0.25, 0.3) is 0 Å². The van der Waals surface area contributed by atoms with Crippen molar-refractivity contribution in [2.24, 2.45) is 7.05 Å². The van der Waals surface area contributed by atoms with Gasteiger partial charge in [-0.05, 0) is 24.6 Å². The molecule has 0 spiro atoms. The maximum Gasteiger partial charge on any atom is 0.127 e. The highest BCUT2D eigenvalue weighted by Crippen LogP contribution is 2.23.